The van der Waals surface area contributed by atoms with E-state index < -0.39 is 37.9 Å². The molecule has 13 nitrogen and oxygen atoms in total. The van der Waals surface area contributed by atoms with Crippen LogP contribution in [0.5, 0.6) is 0 Å². The molecule has 0 amide bonds. The highest BCUT2D eigenvalue weighted by molar-refractivity contribution is 7.46. The first kappa shape index (κ1) is 17.9. The average molecular weight is 377 g/mol. The van der Waals surface area contributed by atoms with Crippen LogP contribution in [0, 0.1) is 0 Å². The van der Waals surface area contributed by atoms with Crippen molar-refractivity contribution < 1.29 is 33.5 Å². The number of imidazole rings is 1. The molecule has 0 bridgehead atoms. The van der Waals surface area contributed by atoms with Crippen molar-refractivity contribution in [3.05, 3.63) is 16.7 Å². The number of methoxy groups -OCH3 is 1. The molecule has 14 heteroatoms. The van der Waals surface area contributed by atoms with Crippen molar-refractivity contribution in [3.8, 4) is 0 Å². The van der Waals surface area contributed by atoms with Gasteiger partial charge in [0.05, 0.1) is 12.9 Å². The number of phosphoric acid groups is 1. The van der Waals surface area contributed by atoms with Crippen molar-refractivity contribution in [1.82, 2.24) is 19.5 Å². The van der Waals surface area contributed by atoms with Crippen molar-refractivity contribution in [2.45, 2.75) is 24.5 Å². The molecule has 1 aliphatic heterocycles. The number of ether oxygens (including phenoxy) is 2. The molecular weight excluding hydrogens is 361 g/mol. The van der Waals surface area contributed by atoms with Crippen LogP contribution in [0.25, 0.3) is 11.2 Å². The second-order valence-electron chi connectivity index (χ2n) is 5.35. The van der Waals surface area contributed by atoms with E-state index in [9.17, 15) is 14.5 Å². The summed E-state index contributed by atoms with van der Waals surface area (Å²) in [5, 5.41) is 10.4. The average Bonchev–Trinajstić information content (AvgIpc) is 3.02. The lowest BCUT2D eigenvalue weighted by atomic mass is 10.1. The number of phosphoric ester groups is 1. The summed E-state index contributed by atoms with van der Waals surface area (Å²) in [5.41, 5.74) is 4.94. The maximum absolute atomic E-state index is 11.8. The Morgan fingerprint density at radius 3 is 2.88 bits per heavy atom. The molecule has 0 aromatic carbocycles. The van der Waals surface area contributed by atoms with Crippen LogP contribution in [0.1, 0.15) is 6.23 Å². The van der Waals surface area contributed by atoms with Crippen LogP contribution in [0.15, 0.2) is 11.1 Å². The fourth-order valence-electron chi connectivity index (χ4n) is 2.67. The molecule has 0 saturated carbocycles. The van der Waals surface area contributed by atoms with Crippen LogP contribution < -0.4 is 11.3 Å². The molecule has 25 heavy (non-hydrogen) atoms. The van der Waals surface area contributed by atoms with E-state index in [4.69, 9.17) is 25.0 Å². The molecule has 4 atom stereocenters. The molecule has 3 heterocycles. The summed E-state index contributed by atoms with van der Waals surface area (Å²) in [4.78, 5) is 40.0. The molecule has 3 rings (SSSR count). The molecule has 2 aromatic heterocycles. The topological polar surface area (TPSA) is 195 Å². The predicted molar refractivity (Wildman–Crippen MR) is 81.3 cm³/mol. The number of rotatable bonds is 5. The first-order valence-corrected chi connectivity index (χ1v) is 8.53. The van der Waals surface area contributed by atoms with E-state index in [1.54, 1.807) is 0 Å². The van der Waals surface area contributed by atoms with Crippen LogP contribution >= 0.6 is 7.82 Å². The number of H-pyrrole nitrogens is 1. The van der Waals surface area contributed by atoms with Gasteiger partial charge in [0, 0.05) is 7.11 Å². The molecule has 6 N–H and O–H groups in total. The van der Waals surface area contributed by atoms with Gasteiger partial charge in [-0.05, 0) is 0 Å². The first-order valence-electron chi connectivity index (χ1n) is 7.00. The minimum Gasteiger partial charge on any atom is -0.386 e. The maximum atomic E-state index is 11.8. The number of aromatic amines is 1. The molecule has 0 radical (unpaired) electrons. The third-order valence-corrected chi connectivity index (χ3v) is 4.14. The molecule has 1 saturated heterocycles. The first-order chi connectivity index (χ1) is 11.7. The largest absolute Gasteiger partial charge is 0.470 e. The van der Waals surface area contributed by atoms with Crippen molar-refractivity contribution in [2.24, 2.45) is 0 Å². The number of nitrogen functional groups attached to an aromatic ring is 1. The summed E-state index contributed by atoms with van der Waals surface area (Å²) in [6.07, 6.45) is -3.82. The zero-order valence-corrected chi connectivity index (χ0v) is 13.7. The Bertz CT molecular complexity index is 877. The predicted octanol–water partition coefficient (Wildman–Crippen LogP) is -1.92. The molecular formula is C11H16N5O8P. The third-order valence-electron chi connectivity index (χ3n) is 3.62. The lowest BCUT2D eigenvalue weighted by molar-refractivity contribution is -0.0577. The lowest BCUT2D eigenvalue weighted by Crippen LogP contribution is -2.35. The van der Waals surface area contributed by atoms with E-state index in [-0.39, 0.29) is 23.7 Å². The number of hydrogen-bond donors (Lipinski definition) is 5. The van der Waals surface area contributed by atoms with Crippen molar-refractivity contribution >= 4 is 24.9 Å². The Morgan fingerprint density at radius 1 is 1.52 bits per heavy atom. The van der Waals surface area contributed by atoms with E-state index >= 15 is 0 Å². The number of aromatic nitrogens is 4. The summed E-state index contributed by atoms with van der Waals surface area (Å²) in [6, 6.07) is 0. The van der Waals surface area contributed by atoms with Crippen LogP contribution in [-0.2, 0) is 18.6 Å². The van der Waals surface area contributed by atoms with Gasteiger partial charge in [0.25, 0.3) is 5.56 Å². The highest BCUT2D eigenvalue weighted by Crippen LogP contribution is 2.44. The van der Waals surface area contributed by atoms with Crippen molar-refractivity contribution in [2.75, 3.05) is 19.5 Å². The molecule has 0 unspecified atom stereocenters. The maximum Gasteiger partial charge on any atom is 0.470 e. The number of aliphatic hydroxyl groups excluding tert-OH is 1. The van der Waals surface area contributed by atoms with E-state index in [1.165, 1.54) is 18.0 Å². The summed E-state index contributed by atoms with van der Waals surface area (Å²) in [6.45, 7) is -0.0962. The zero-order valence-electron chi connectivity index (χ0n) is 12.8. The number of nitrogens with zero attached hydrogens (tertiary/aromatic N) is 3. The SMILES string of the molecule is COC[C@H]1O[C@@H](n2cnc3c(=O)[nH]c(N)nc32)[C@H](O)[C@@H]1OP(=O)(O)O. The number of anilines is 1. The number of aliphatic hydroxyl groups is 1. The molecule has 1 fully saturated rings. The number of nitrogens with one attached hydrogen (secondary N) is 1. The Kier molecular flexibility index (Phi) is 4.64. The van der Waals surface area contributed by atoms with Gasteiger partial charge in [0.1, 0.15) is 18.3 Å². The van der Waals surface area contributed by atoms with Crippen LogP contribution in [0.2, 0.25) is 0 Å². The summed E-state index contributed by atoms with van der Waals surface area (Å²) >= 11 is 0. The Morgan fingerprint density at radius 2 is 2.24 bits per heavy atom. The highest BCUT2D eigenvalue weighted by atomic mass is 31.2. The Labute approximate surface area is 139 Å². The summed E-state index contributed by atoms with van der Waals surface area (Å²) in [5.74, 6) is -0.164. The van der Waals surface area contributed by atoms with Crippen LogP contribution in [0.4, 0.5) is 5.95 Å². The van der Waals surface area contributed by atoms with Crippen LogP contribution in [0.3, 0.4) is 0 Å². The smallest absolute Gasteiger partial charge is 0.386 e. The van der Waals surface area contributed by atoms with Gasteiger partial charge in [-0.2, -0.15) is 4.98 Å². The van der Waals surface area contributed by atoms with Gasteiger partial charge in [-0.25, -0.2) is 9.55 Å². The number of nitrogens with two attached hydrogens (primary N) is 1. The monoisotopic (exact) mass is 377 g/mol. The highest BCUT2D eigenvalue weighted by Gasteiger charge is 2.48. The van der Waals surface area contributed by atoms with Gasteiger partial charge in [0.15, 0.2) is 17.4 Å². The molecule has 0 aliphatic carbocycles. The second kappa shape index (κ2) is 6.46. The third kappa shape index (κ3) is 3.43. The van der Waals surface area contributed by atoms with E-state index in [2.05, 4.69) is 19.5 Å². The standard InChI is InChI=1S/C11H16N5O8P/c1-22-2-4-7(24-25(19,20)21)6(17)10(23-4)16-3-13-5-8(16)14-11(12)15-9(5)18/h3-4,6-7,10,17H,2H2,1H3,(H2,19,20,21)(H3,12,14,15,18)/t4-,6-,7-,10-/m1/s1. The van der Waals surface area contributed by atoms with E-state index in [0.29, 0.717) is 0 Å². The lowest BCUT2D eigenvalue weighted by Gasteiger charge is -2.20. The quantitative estimate of drug-likeness (QED) is 0.364. The zero-order chi connectivity index (χ0) is 18.4. The fraction of sp³-hybridized carbons (Fsp3) is 0.545. The van der Waals surface area contributed by atoms with Crippen LogP contribution in [-0.4, -0.2) is 66.4 Å². The minimum atomic E-state index is -4.89. The molecule has 138 valence electrons. The molecule has 2 aromatic rings. The normalized spacial score (nSPS) is 27.2. The van der Waals surface area contributed by atoms with Crippen molar-refractivity contribution in [3.63, 3.8) is 0 Å². The van der Waals surface area contributed by atoms with E-state index in [1.807, 2.05) is 0 Å². The Hall–Kier alpha value is -1.86. The molecule has 1 aliphatic rings. The number of fused-ring (bicyclic) bond motifs is 1. The second-order valence-corrected chi connectivity index (χ2v) is 6.54. The van der Waals surface area contributed by atoms with Gasteiger partial charge >= 0.3 is 7.82 Å². The van der Waals surface area contributed by atoms with E-state index in [0.717, 1.165) is 0 Å². The minimum absolute atomic E-state index is 0.0346. The number of hydrogen-bond acceptors (Lipinski definition) is 9. The van der Waals surface area contributed by atoms with Crippen molar-refractivity contribution in [1.29, 1.82) is 0 Å². The van der Waals surface area contributed by atoms with Gasteiger partial charge < -0.3 is 30.1 Å². The van der Waals surface area contributed by atoms with Gasteiger partial charge in [0.2, 0.25) is 5.95 Å². The molecule has 0 spiro atoms. The fourth-order valence-corrected chi connectivity index (χ4v) is 3.24. The van der Waals surface area contributed by atoms with Gasteiger partial charge in [-0.3, -0.25) is 18.9 Å². The van der Waals surface area contributed by atoms with Gasteiger partial charge in [-0.1, -0.05) is 0 Å². The summed E-state index contributed by atoms with van der Waals surface area (Å²) < 4.78 is 27.5. The Balaban J connectivity index is 2.00. The van der Waals surface area contributed by atoms with Gasteiger partial charge in [-0.15, -0.1) is 0 Å². The summed E-state index contributed by atoms with van der Waals surface area (Å²) in [7, 11) is -3.54.